The van der Waals surface area contributed by atoms with E-state index in [-0.39, 0.29) is 40.0 Å². The van der Waals surface area contributed by atoms with Crippen LogP contribution in [-0.2, 0) is 14.8 Å². The van der Waals surface area contributed by atoms with Gasteiger partial charge in [0.05, 0.1) is 5.71 Å². The Labute approximate surface area is 269 Å². The highest BCUT2D eigenvalue weighted by atomic mass is 35.5. The van der Waals surface area contributed by atoms with Gasteiger partial charge in [0.2, 0.25) is 15.9 Å². The molecule has 4 atom stereocenters. The Morgan fingerprint density at radius 1 is 1.05 bits per heavy atom. The van der Waals surface area contributed by atoms with E-state index in [1.807, 2.05) is 43.0 Å². The van der Waals surface area contributed by atoms with Crippen molar-refractivity contribution in [1.82, 2.24) is 19.9 Å². The number of piperidine rings is 1. The third-order valence-electron chi connectivity index (χ3n) is 8.32. The minimum Gasteiger partial charge on any atom is -0.340 e. The maximum absolute atomic E-state index is 13.8. The van der Waals surface area contributed by atoms with Crippen molar-refractivity contribution in [3.63, 3.8) is 0 Å². The standard InChI is InChI=1S/C31H39Cl2N5O5S/c1-18(2)25(30(41)38-15-14-24(31(4,5)17-38)20-10-12-23(32)13-11-20)34-28(39)21-8-7-9-22(16-21)29(40)36-44(42,43)26-19(3)35-37(6)27(26)33/h7-13,16,18,24-27H,14-15,17H2,1-6H3,(H,34,39)(H,36,40)/t24-,25-,26?,27?/m1/s1. The number of halogens is 2. The highest BCUT2D eigenvalue weighted by Gasteiger charge is 2.43. The zero-order chi connectivity index (χ0) is 32.6. The first-order valence-electron chi connectivity index (χ1n) is 14.4. The number of carbonyl (C=O) groups is 3. The minimum atomic E-state index is -4.22. The van der Waals surface area contributed by atoms with Crippen LogP contribution in [0.25, 0.3) is 0 Å². The molecule has 2 aromatic carbocycles. The molecule has 2 aromatic rings. The zero-order valence-corrected chi connectivity index (χ0v) is 28.0. The number of rotatable bonds is 8. The molecule has 2 N–H and O–H groups in total. The molecule has 44 heavy (non-hydrogen) atoms. The topological polar surface area (TPSA) is 128 Å². The first-order chi connectivity index (χ1) is 20.5. The average molecular weight is 665 g/mol. The maximum atomic E-state index is 13.8. The van der Waals surface area contributed by atoms with Crippen molar-refractivity contribution in [3.8, 4) is 0 Å². The molecule has 238 valence electrons. The summed E-state index contributed by atoms with van der Waals surface area (Å²) in [5, 5.41) is 7.67. The van der Waals surface area contributed by atoms with Gasteiger partial charge in [0.25, 0.3) is 11.8 Å². The SMILES string of the molecule is CC1=NN(C)C(Cl)C1S(=O)(=O)NC(=O)c1cccc(C(=O)N[C@@H](C(=O)N2CC[C@H](c3ccc(Cl)cc3)C(C)(C)C2)C(C)C)c1. The second-order valence-electron chi connectivity index (χ2n) is 12.5. The molecule has 2 aliphatic rings. The Morgan fingerprint density at radius 3 is 2.20 bits per heavy atom. The van der Waals surface area contributed by atoms with E-state index in [1.54, 1.807) is 7.05 Å². The molecule has 13 heteroatoms. The van der Waals surface area contributed by atoms with E-state index < -0.39 is 38.6 Å². The van der Waals surface area contributed by atoms with Crippen LogP contribution in [0.4, 0.5) is 0 Å². The van der Waals surface area contributed by atoms with Crippen molar-refractivity contribution < 1.29 is 22.8 Å². The summed E-state index contributed by atoms with van der Waals surface area (Å²) in [6, 6.07) is 12.7. The van der Waals surface area contributed by atoms with Gasteiger partial charge in [-0.2, -0.15) is 5.10 Å². The van der Waals surface area contributed by atoms with Crippen LogP contribution in [0.15, 0.2) is 53.6 Å². The van der Waals surface area contributed by atoms with Crippen molar-refractivity contribution >= 4 is 56.7 Å². The Kier molecular flexibility index (Phi) is 10.0. The van der Waals surface area contributed by atoms with Crippen molar-refractivity contribution in [2.24, 2.45) is 16.4 Å². The molecular formula is C31H39Cl2N5O5S. The van der Waals surface area contributed by atoms with E-state index >= 15 is 0 Å². The van der Waals surface area contributed by atoms with Crippen LogP contribution in [0.5, 0.6) is 0 Å². The van der Waals surface area contributed by atoms with E-state index in [0.717, 1.165) is 6.42 Å². The number of alkyl halides is 1. The minimum absolute atomic E-state index is 0.0354. The predicted molar refractivity (Wildman–Crippen MR) is 172 cm³/mol. The van der Waals surface area contributed by atoms with Crippen LogP contribution in [-0.4, -0.2) is 78.7 Å². The number of nitrogens with zero attached hydrogens (tertiary/aromatic N) is 3. The lowest BCUT2D eigenvalue weighted by Gasteiger charge is -2.45. The van der Waals surface area contributed by atoms with Gasteiger partial charge in [0.15, 0.2) is 5.25 Å². The number of nitrogens with one attached hydrogen (secondary N) is 2. The molecule has 10 nitrogen and oxygen atoms in total. The summed E-state index contributed by atoms with van der Waals surface area (Å²) in [5.41, 5.74) is 0.324. The summed E-state index contributed by atoms with van der Waals surface area (Å²) >= 11 is 12.3. The van der Waals surface area contributed by atoms with Crippen molar-refractivity contribution in [3.05, 3.63) is 70.2 Å². The number of sulfonamides is 1. The first-order valence-corrected chi connectivity index (χ1v) is 16.8. The van der Waals surface area contributed by atoms with Gasteiger partial charge in [-0.1, -0.05) is 69.1 Å². The number of amides is 3. The normalized spacial score (nSPS) is 22.4. The fourth-order valence-electron chi connectivity index (χ4n) is 5.97. The number of hydrogen-bond acceptors (Lipinski definition) is 7. The average Bonchev–Trinajstić information content (AvgIpc) is 3.22. The number of benzene rings is 2. The molecule has 2 unspecified atom stereocenters. The summed E-state index contributed by atoms with van der Waals surface area (Å²) in [5.74, 6) is -1.60. The van der Waals surface area contributed by atoms with Crippen LogP contribution < -0.4 is 10.0 Å². The highest BCUT2D eigenvalue weighted by Crippen LogP contribution is 2.42. The van der Waals surface area contributed by atoms with Gasteiger partial charge in [0.1, 0.15) is 11.5 Å². The Balaban J connectivity index is 1.44. The molecule has 0 spiro atoms. The third kappa shape index (κ3) is 7.21. The number of likely N-dealkylation sites (tertiary alicyclic amines) is 1. The molecule has 0 aromatic heterocycles. The fourth-order valence-corrected chi connectivity index (χ4v) is 8.20. The lowest BCUT2D eigenvalue weighted by molar-refractivity contribution is -0.137. The lowest BCUT2D eigenvalue weighted by atomic mass is 9.70. The van der Waals surface area contributed by atoms with Crippen LogP contribution in [0, 0.1) is 11.3 Å². The predicted octanol–water partition coefficient (Wildman–Crippen LogP) is 4.45. The molecule has 4 rings (SSSR count). The van der Waals surface area contributed by atoms with E-state index in [2.05, 4.69) is 29.0 Å². The molecule has 1 saturated heterocycles. The van der Waals surface area contributed by atoms with Gasteiger partial charge in [-0.3, -0.25) is 19.4 Å². The summed E-state index contributed by atoms with van der Waals surface area (Å²) in [6.45, 7) is 10.6. The van der Waals surface area contributed by atoms with Gasteiger partial charge in [-0.25, -0.2) is 13.1 Å². The monoisotopic (exact) mass is 663 g/mol. The van der Waals surface area contributed by atoms with E-state index in [1.165, 1.54) is 41.8 Å². The zero-order valence-electron chi connectivity index (χ0n) is 25.7. The van der Waals surface area contributed by atoms with E-state index in [9.17, 15) is 22.8 Å². The smallest absolute Gasteiger partial charge is 0.264 e. The first kappa shape index (κ1) is 33.7. The Bertz CT molecular complexity index is 1560. The van der Waals surface area contributed by atoms with E-state index in [0.29, 0.717) is 18.1 Å². The maximum Gasteiger partial charge on any atom is 0.264 e. The van der Waals surface area contributed by atoms with Gasteiger partial charge in [-0.15, -0.1) is 0 Å². The van der Waals surface area contributed by atoms with Crippen LogP contribution in [0.2, 0.25) is 5.02 Å². The van der Waals surface area contributed by atoms with Crippen molar-refractivity contribution in [1.29, 1.82) is 0 Å². The number of hydrogen-bond donors (Lipinski definition) is 2. The van der Waals surface area contributed by atoms with Crippen molar-refractivity contribution in [2.45, 2.75) is 63.8 Å². The van der Waals surface area contributed by atoms with Gasteiger partial charge in [-0.05, 0) is 66.5 Å². The molecule has 0 aliphatic carbocycles. The van der Waals surface area contributed by atoms with Crippen molar-refractivity contribution in [2.75, 3.05) is 20.1 Å². The summed E-state index contributed by atoms with van der Waals surface area (Å²) in [7, 11) is -2.68. The quantitative estimate of drug-likeness (QED) is 0.317. The largest absolute Gasteiger partial charge is 0.340 e. The summed E-state index contributed by atoms with van der Waals surface area (Å²) < 4.78 is 28.0. The summed E-state index contributed by atoms with van der Waals surface area (Å²) in [4.78, 5) is 41.9. The number of carbonyl (C=O) groups excluding carboxylic acids is 3. The number of hydrazone groups is 1. The van der Waals surface area contributed by atoms with Crippen LogP contribution in [0.3, 0.4) is 0 Å². The fraction of sp³-hybridized carbons (Fsp3) is 0.484. The van der Waals surface area contributed by atoms with Crippen LogP contribution >= 0.6 is 23.2 Å². The Morgan fingerprint density at radius 2 is 1.66 bits per heavy atom. The lowest BCUT2D eigenvalue weighted by Crippen LogP contribution is -2.55. The molecule has 0 saturated carbocycles. The van der Waals surface area contributed by atoms with Gasteiger partial charge in [0, 0.05) is 36.3 Å². The Hall–Kier alpha value is -3.15. The molecule has 2 heterocycles. The molecule has 2 aliphatic heterocycles. The van der Waals surface area contributed by atoms with Gasteiger partial charge < -0.3 is 10.2 Å². The second kappa shape index (κ2) is 13.1. The molecule has 1 fully saturated rings. The third-order valence-corrected chi connectivity index (χ3v) is 11.0. The summed E-state index contributed by atoms with van der Waals surface area (Å²) in [6.07, 6.45) is 0.770. The molecule has 3 amide bonds. The van der Waals surface area contributed by atoms with E-state index in [4.69, 9.17) is 23.2 Å². The van der Waals surface area contributed by atoms with Gasteiger partial charge >= 0.3 is 0 Å². The molecular weight excluding hydrogens is 625 g/mol. The van der Waals surface area contributed by atoms with Crippen LogP contribution in [0.1, 0.15) is 73.2 Å². The molecule has 0 bridgehead atoms. The highest BCUT2D eigenvalue weighted by molar-refractivity contribution is 7.91. The second-order valence-corrected chi connectivity index (χ2v) is 15.2. The molecule has 0 radical (unpaired) electrons.